The van der Waals surface area contributed by atoms with Gasteiger partial charge in [0.15, 0.2) is 0 Å². The quantitative estimate of drug-likeness (QED) is 0.0284. The first-order valence-corrected chi connectivity index (χ1v) is 24.7. The smallest absolute Gasteiger partial charge is 0.379 e. The molecular formula is C43H78F13NO6P+. The van der Waals surface area contributed by atoms with Crippen molar-refractivity contribution >= 4 is 7.82 Å². The zero-order chi connectivity index (χ0) is 49.0. The van der Waals surface area contributed by atoms with Gasteiger partial charge < -0.3 is 18.9 Å². The van der Waals surface area contributed by atoms with Gasteiger partial charge in [-0.05, 0) is 19.3 Å². The summed E-state index contributed by atoms with van der Waals surface area (Å²) in [7, 11) is 1.31. The maximum atomic E-state index is 14.0. The Labute approximate surface area is 373 Å². The maximum absolute atomic E-state index is 14.0. The average Bonchev–Trinajstić information content (AvgIpc) is 3.17. The molecule has 0 aliphatic heterocycles. The van der Waals surface area contributed by atoms with Crippen molar-refractivity contribution in [3.63, 3.8) is 0 Å². The Morgan fingerprint density at radius 2 is 0.797 bits per heavy atom. The molecule has 1 N–H and O–H groups in total. The molecule has 0 aliphatic carbocycles. The van der Waals surface area contributed by atoms with Gasteiger partial charge in [0.1, 0.15) is 19.3 Å². The molecule has 21 heteroatoms. The fourth-order valence-corrected chi connectivity index (χ4v) is 7.56. The Morgan fingerprint density at radius 3 is 1.14 bits per heavy atom. The third kappa shape index (κ3) is 24.9. The van der Waals surface area contributed by atoms with Crippen LogP contribution in [-0.4, -0.2) is 112 Å². The first-order chi connectivity index (χ1) is 29.6. The van der Waals surface area contributed by atoms with Gasteiger partial charge in [0.2, 0.25) is 0 Å². The van der Waals surface area contributed by atoms with Crippen LogP contribution in [0.3, 0.4) is 0 Å². The van der Waals surface area contributed by atoms with E-state index in [0.29, 0.717) is 56.2 Å². The Hall–Kier alpha value is -0.920. The van der Waals surface area contributed by atoms with Crippen LogP contribution in [0.2, 0.25) is 0 Å². The fourth-order valence-electron chi connectivity index (χ4n) is 6.69. The number of hydrogen-bond acceptors (Lipinski definition) is 5. The minimum absolute atomic E-state index is 0.00623. The van der Waals surface area contributed by atoms with Crippen LogP contribution in [0.1, 0.15) is 174 Å². The molecule has 2 atom stereocenters. The summed E-state index contributed by atoms with van der Waals surface area (Å²) in [5.41, 5.74) is 0. The molecule has 0 radical (unpaired) electrons. The van der Waals surface area contributed by atoms with E-state index in [1.54, 1.807) is 0 Å². The lowest BCUT2D eigenvalue weighted by Gasteiger charge is -2.39. The summed E-state index contributed by atoms with van der Waals surface area (Å²) >= 11 is 0. The van der Waals surface area contributed by atoms with E-state index in [1.807, 2.05) is 21.1 Å². The second-order valence-electron chi connectivity index (χ2n) is 17.9. The Balaban J connectivity index is 4.46. The number of quaternary nitrogens is 1. The van der Waals surface area contributed by atoms with Gasteiger partial charge in [0.05, 0.1) is 34.4 Å². The van der Waals surface area contributed by atoms with Crippen molar-refractivity contribution < 1.29 is 89.5 Å². The van der Waals surface area contributed by atoms with Crippen LogP contribution >= 0.6 is 7.82 Å². The van der Waals surface area contributed by atoms with Crippen LogP contribution in [-0.2, 0) is 23.1 Å². The second kappa shape index (κ2) is 31.3. The highest BCUT2D eigenvalue weighted by Gasteiger charge is 2.90. The van der Waals surface area contributed by atoms with Crippen LogP contribution in [0.4, 0.5) is 57.1 Å². The highest BCUT2D eigenvalue weighted by atomic mass is 31.2. The molecule has 0 bridgehead atoms. The van der Waals surface area contributed by atoms with Crippen molar-refractivity contribution in [2.75, 3.05) is 60.7 Å². The van der Waals surface area contributed by atoms with E-state index in [1.165, 1.54) is 83.5 Å². The molecule has 0 spiro atoms. The number of ether oxygens (including phenoxy) is 2. The number of likely N-dealkylation sites (N-methyl/N-ethyl adjacent to an activating group) is 1. The van der Waals surface area contributed by atoms with Crippen molar-refractivity contribution in [2.24, 2.45) is 0 Å². The average molecular weight is 983 g/mol. The van der Waals surface area contributed by atoms with Gasteiger partial charge in [0.25, 0.3) is 0 Å². The molecule has 0 aromatic rings. The third-order valence-electron chi connectivity index (χ3n) is 10.8. The largest absolute Gasteiger partial charge is 0.472 e. The molecule has 0 heterocycles. The summed E-state index contributed by atoms with van der Waals surface area (Å²) in [6, 6.07) is 0. The SMILES string of the molecule is CCCCCCCCCCCCCCCCCCOCC(COCCCCCCCCCCCC(F)(F)C(F)(F)C(F)(F)C(F)(F)C(F)(F)C(F)(F)F)OP(=O)(O)OCC[N+](C)(C)C. The Bertz CT molecular complexity index is 1230. The lowest BCUT2D eigenvalue weighted by Crippen LogP contribution is -2.70. The van der Waals surface area contributed by atoms with Crippen molar-refractivity contribution in [3.05, 3.63) is 0 Å². The zero-order valence-corrected chi connectivity index (χ0v) is 39.4. The second-order valence-corrected chi connectivity index (χ2v) is 19.3. The topological polar surface area (TPSA) is 74.2 Å². The monoisotopic (exact) mass is 983 g/mol. The molecule has 0 amide bonds. The number of hydrogen-bond donors (Lipinski definition) is 1. The van der Waals surface area contributed by atoms with Crippen LogP contribution < -0.4 is 0 Å². The van der Waals surface area contributed by atoms with Crippen LogP contribution in [0.5, 0.6) is 0 Å². The number of halogens is 13. The summed E-state index contributed by atoms with van der Waals surface area (Å²) < 4.78 is 208. The molecule has 64 heavy (non-hydrogen) atoms. The van der Waals surface area contributed by atoms with Gasteiger partial charge in [-0.25, -0.2) is 4.57 Å². The number of alkyl halides is 13. The molecule has 0 aliphatic rings. The molecule has 0 saturated heterocycles. The van der Waals surface area contributed by atoms with Gasteiger partial charge >= 0.3 is 43.6 Å². The number of rotatable bonds is 43. The zero-order valence-electron chi connectivity index (χ0n) is 38.5. The molecule has 386 valence electrons. The fraction of sp³-hybridized carbons (Fsp3) is 1.00. The number of unbranched alkanes of at least 4 members (excludes halogenated alkanes) is 23. The van der Waals surface area contributed by atoms with Crippen LogP contribution in [0, 0.1) is 0 Å². The maximum Gasteiger partial charge on any atom is 0.472 e. The van der Waals surface area contributed by atoms with E-state index in [-0.39, 0.29) is 39.3 Å². The normalized spacial score (nSPS) is 15.2. The first kappa shape index (κ1) is 63.1. The molecule has 0 aromatic carbocycles. The van der Waals surface area contributed by atoms with Crippen molar-refractivity contribution in [3.8, 4) is 0 Å². The lowest BCUT2D eigenvalue weighted by atomic mass is 9.91. The standard InChI is InChI=1S/C43H77F13NO6P/c1-5-6-7-8-9-10-11-12-13-14-15-16-19-22-25-28-32-60-35-37(63-64(58,59)62-34-31-57(2,3)4)36-61-33-29-26-23-20-17-18-21-24-27-30-38(44,45)39(46,47)40(48,49)41(50,51)42(52,53)43(54,55)56/h37H,5-36H2,1-4H3/p+1. The molecule has 0 aromatic heterocycles. The molecule has 0 fully saturated rings. The first-order valence-electron chi connectivity index (χ1n) is 23.2. The number of nitrogens with zero attached hydrogens (tertiary/aromatic N) is 1. The van der Waals surface area contributed by atoms with Crippen molar-refractivity contribution in [1.82, 2.24) is 0 Å². The molecule has 0 saturated carbocycles. The lowest BCUT2D eigenvalue weighted by molar-refractivity contribution is -0.870. The molecule has 7 nitrogen and oxygen atoms in total. The van der Waals surface area contributed by atoms with E-state index in [9.17, 15) is 66.5 Å². The predicted octanol–water partition coefficient (Wildman–Crippen LogP) is 15.1. The van der Waals surface area contributed by atoms with Crippen LogP contribution in [0.25, 0.3) is 0 Å². The van der Waals surface area contributed by atoms with Gasteiger partial charge in [-0.1, -0.05) is 148 Å². The van der Waals surface area contributed by atoms with Gasteiger partial charge in [-0.15, -0.1) is 0 Å². The highest BCUT2D eigenvalue weighted by molar-refractivity contribution is 7.47. The predicted molar refractivity (Wildman–Crippen MR) is 222 cm³/mol. The van der Waals surface area contributed by atoms with Crippen molar-refractivity contribution in [1.29, 1.82) is 0 Å². The summed E-state index contributed by atoms with van der Waals surface area (Å²) in [5, 5.41) is 0. The number of phosphoric ester groups is 1. The van der Waals surface area contributed by atoms with Crippen LogP contribution in [0.15, 0.2) is 0 Å². The molecule has 0 rings (SSSR count). The minimum atomic E-state index is -7.87. The Kier molecular flexibility index (Phi) is 30.8. The number of phosphoric acid groups is 1. The van der Waals surface area contributed by atoms with E-state index < -0.39 is 62.6 Å². The molecule has 2 unspecified atom stereocenters. The summed E-state index contributed by atoms with van der Waals surface area (Å²) in [4.78, 5) is 10.3. The molecular weight excluding hydrogens is 904 g/mol. The van der Waals surface area contributed by atoms with Gasteiger partial charge in [-0.3, -0.25) is 9.05 Å². The highest BCUT2D eigenvalue weighted by Crippen LogP contribution is 2.61. The third-order valence-corrected chi connectivity index (χ3v) is 11.9. The summed E-state index contributed by atoms with van der Waals surface area (Å²) in [6.07, 6.45) is 12.0. The van der Waals surface area contributed by atoms with E-state index in [2.05, 4.69) is 6.92 Å². The van der Waals surface area contributed by atoms with E-state index >= 15 is 0 Å². The Morgan fingerprint density at radius 1 is 0.469 bits per heavy atom. The summed E-state index contributed by atoms with van der Waals surface area (Å²) in [5.74, 6) is -36.6. The van der Waals surface area contributed by atoms with E-state index in [4.69, 9.17) is 18.5 Å². The van der Waals surface area contributed by atoms with Gasteiger partial charge in [0, 0.05) is 19.6 Å². The minimum Gasteiger partial charge on any atom is -0.379 e. The van der Waals surface area contributed by atoms with Gasteiger partial charge in [-0.2, -0.15) is 57.1 Å². The summed E-state index contributed by atoms with van der Waals surface area (Å²) in [6.45, 7) is 3.42. The van der Waals surface area contributed by atoms with Crippen molar-refractivity contribution in [2.45, 2.75) is 216 Å². The van der Waals surface area contributed by atoms with E-state index in [0.717, 1.165) is 19.3 Å².